The van der Waals surface area contributed by atoms with Gasteiger partial charge in [0.25, 0.3) is 15.9 Å². The van der Waals surface area contributed by atoms with Crippen molar-refractivity contribution in [3.63, 3.8) is 0 Å². The topological polar surface area (TPSA) is 194 Å². The molecule has 0 bridgehead atoms. The van der Waals surface area contributed by atoms with E-state index in [4.69, 9.17) is 13.9 Å². The van der Waals surface area contributed by atoms with E-state index in [0.717, 1.165) is 25.7 Å². The van der Waals surface area contributed by atoms with Crippen LogP contribution in [0, 0.1) is 24.7 Å². The second kappa shape index (κ2) is 15.4. The molecule has 15 nitrogen and oxygen atoms in total. The number of nitrogens with zero attached hydrogens (tertiary/aromatic N) is 2. The zero-order valence-corrected chi connectivity index (χ0v) is 31.9. The van der Waals surface area contributed by atoms with Gasteiger partial charge in [-0.1, -0.05) is 44.3 Å². The number of amides is 5. The number of hydrogen-bond donors (Lipinski definition) is 3. The van der Waals surface area contributed by atoms with E-state index >= 15 is 0 Å². The third kappa shape index (κ3) is 8.76. The van der Waals surface area contributed by atoms with E-state index in [1.54, 1.807) is 33.8 Å². The fourth-order valence-corrected chi connectivity index (χ4v) is 8.95. The third-order valence-electron chi connectivity index (χ3n) is 10.8. The molecule has 1 aromatic rings. The van der Waals surface area contributed by atoms with Gasteiger partial charge in [0, 0.05) is 31.3 Å². The van der Waals surface area contributed by atoms with Crippen molar-refractivity contribution in [2.75, 3.05) is 19.6 Å². The summed E-state index contributed by atoms with van der Waals surface area (Å²) in [5, 5.41) is 5.03. The van der Waals surface area contributed by atoms with Crippen molar-refractivity contribution in [3.8, 4) is 0 Å². The number of furan rings is 1. The van der Waals surface area contributed by atoms with Crippen LogP contribution in [-0.2, 0) is 33.9 Å². The fourth-order valence-electron chi connectivity index (χ4n) is 7.94. The molecule has 2 aliphatic carbocycles. The highest BCUT2D eigenvalue weighted by atomic mass is 32.2. The van der Waals surface area contributed by atoms with E-state index in [1.165, 1.54) is 28.0 Å². The second-order valence-corrected chi connectivity index (χ2v) is 17.7. The number of likely N-dealkylation sites (tertiary alicyclic amines) is 1. The number of carbonyl (C=O) groups is 5. The summed E-state index contributed by atoms with van der Waals surface area (Å²) in [6, 6.07) is 0.355. The Hall–Kier alpha value is -4.41. The molecule has 3 saturated heterocycles. The normalized spacial score (nSPS) is 30.4. The predicted octanol–water partition coefficient (Wildman–Crippen LogP) is 3.98. The van der Waals surface area contributed by atoms with E-state index in [-0.39, 0.29) is 56.6 Å². The van der Waals surface area contributed by atoms with Gasteiger partial charge in [-0.3, -0.25) is 14.4 Å². The number of fused-ring (bicyclic) bond motifs is 3. The summed E-state index contributed by atoms with van der Waals surface area (Å²) < 4.78 is 59.4. The number of nitrogens with one attached hydrogen (secondary N) is 3. The molecule has 5 aliphatic rings. The molecule has 0 radical (unpaired) electrons. The number of aryl methyl sites for hydroxylation is 1. The van der Waals surface area contributed by atoms with Gasteiger partial charge in [-0.2, -0.15) is 8.42 Å². The Labute approximate surface area is 314 Å². The van der Waals surface area contributed by atoms with E-state index in [0.29, 0.717) is 18.6 Å². The van der Waals surface area contributed by atoms with Crippen LogP contribution >= 0.6 is 0 Å². The lowest BCUT2D eigenvalue weighted by atomic mass is 9.91. The first-order valence-corrected chi connectivity index (χ1v) is 20.2. The van der Waals surface area contributed by atoms with Gasteiger partial charge in [0.15, 0.2) is 0 Å². The Morgan fingerprint density at radius 2 is 1.76 bits per heavy atom. The maximum atomic E-state index is 14.5. The highest BCUT2D eigenvalue weighted by molar-refractivity contribution is 7.89. The highest BCUT2D eigenvalue weighted by Gasteiger charge is 2.62. The fraction of sp³-hybridized carbons (Fsp3) is 0.649. The van der Waals surface area contributed by atoms with Gasteiger partial charge < -0.3 is 34.3 Å². The first-order chi connectivity index (χ1) is 25.5. The molecule has 17 heteroatoms. The number of rotatable bonds is 5. The van der Waals surface area contributed by atoms with E-state index in [2.05, 4.69) is 15.4 Å². The van der Waals surface area contributed by atoms with Gasteiger partial charge in [-0.15, -0.1) is 0 Å². The van der Waals surface area contributed by atoms with Gasteiger partial charge in [0.1, 0.15) is 40.9 Å². The maximum absolute atomic E-state index is 14.5. The lowest BCUT2D eigenvalue weighted by Gasteiger charge is -2.30. The molecule has 6 rings (SSSR count). The maximum Gasteiger partial charge on any atom is 0.410 e. The number of hydrogen-bond acceptors (Lipinski definition) is 10. The van der Waals surface area contributed by atoms with E-state index < -0.39 is 80.3 Å². The van der Waals surface area contributed by atoms with Crippen LogP contribution in [0.25, 0.3) is 0 Å². The summed E-state index contributed by atoms with van der Waals surface area (Å²) in [7, 11) is -4.41. The zero-order chi connectivity index (χ0) is 39.0. The Kier molecular flexibility index (Phi) is 11.2. The lowest BCUT2D eigenvalue weighted by molar-refractivity contribution is -0.141. The summed E-state index contributed by atoms with van der Waals surface area (Å²) >= 11 is 0. The van der Waals surface area contributed by atoms with E-state index in [1.807, 2.05) is 6.08 Å². The van der Waals surface area contributed by atoms with Crippen LogP contribution in [-0.4, -0.2) is 97.1 Å². The molecule has 3 N–H and O–H groups in total. The van der Waals surface area contributed by atoms with Gasteiger partial charge in [0.05, 0.1) is 6.54 Å². The van der Waals surface area contributed by atoms with Crippen molar-refractivity contribution in [1.82, 2.24) is 25.2 Å². The molecule has 3 aliphatic heterocycles. The minimum Gasteiger partial charge on any atom is -0.448 e. The van der Waals surface area contributed by atoms with Crippen LogP contribution in [0.5, 0.6) is 0 Å². The van der Waals surface area contributed by atoms with Crippen molar-refractivity contribution >= 4 is 39.9 Å². The van der Waals surface area contributed by atoms with Crippen LogP contribution in [0.3, 0.4) is 0 Å². The average molecular weight is 776 g/mol. The molecule has 7 atom stereocenters. The number of halogens is 1. The minimum absolute atomic E-state index is 0.108. The summed E-state index contributed by atoms with van der Waals surface area (Å²) in [5.74, 6) is -3.30. The molecule has 4 heterocycles. The Balaban J connectivity index is 1.25. The largest absolute Gasteiger partial charge is 0.448 e. The van der Waals surface area contributed by atoms with Crippen LogP contribution < -0.4 is 15.4 Å². The molecular weight excluding hydrogens is 725 g/mol. The molecule has 4 fully saturated rings. The van der Waals surface area contributed by atoms with Crippen molar-refractivity contribution in [3.05, 3.63) is 41.9 Å². The van der Waals surface area contributed by atoms with Gasteiger partial charge >= 0.3 is 12.2 Å². The van der Waals surface area contributed by atoms with Gasteiger partial charge in [-0.25, -0.2) is 18.7 Å². The minimum atomic E-state index is -4.41. The van der Waals surface area contributed by atoms with Crippen LogP contribution in [0.4, 0.5) is 14.0 Å². The number of ether oxygens (including phenoxy) is 2. The molecule has 2 unspecified atom stereocenters. The first kappa shape index (κ1) is 39.3. The predicted molar refractivity (Wildman–Crippen MR) is 191 cm³/mol. The van der Waals surface area contributed by atoms with Crippen molar-refractivity contribution in [1.29, 1.82) is 0 Å². The molecule has 0 aromatic carbocycles. The van der Waals surface area contributed by atoms with Gasteiger partial charge in [0.2, 0.25) is 16.9 Å². The summed E-state index contributed by atoms with van der Waals surface area (Å²) in [6.07, 6.45) is 6.88. The average Bonchev–Trinajstić information content (AvgIpc) is 3.46. The zero-order valence-electron chi connectivity index (χ0n) is 31.1. The number of sulfonamides is 1. The number of alkyl carbamates (subject to hydrolysis) is 1. The first-order valence-electron chi connectivity index (χ1n) is 18.7. The summed E-state index contributed by atoms with van der Waals surface area (Å²) in [4.78, 5) is 71.5. The quantitative estimate of drug-likeness (QED) is 0.394. The molecule has 1 aromatic heterocycles. The lowest BCUT2D eigenvalue weighted by Crippen LogP contribution is -2.58. The van der Waals surface area contributed by atoms with E-state index in [9.17, 15) is 36.8 Å². The van der Waals surface area contributed by atoms with Crippen molar-refractivity contribution in [2.24, 2.45) is 17.8 Å². The molecule has 0 spiro atoms. The SMILES string of the molecule is Cc1ccc(S(=O)(=O)NC(=O)[C@@]23C[C@H]2CCCCCCC[C@H](NC(=O)OC(C)(C)C)C(=O)N2C[C@H](OC(=O)N4CC5C=CC=C(F)C5C4)C[C@H]2C(=O)N3)o1. The molecule has 54 heavy (non-hydrogen) atoms. The highest BCUT2D eigenvalue weighted by Crippen LogP contribution is 2.48. The molecular formula is C37H50FN5O10S. The smallest absolute Gasteiger partial charge is 0.410 e. The van der Waals surface area contributed by atoms with Crippen LogP contribution in [0.2, 0.25) is 0 Å². The summed E-state index contributed by atoms with van der Waals surface area (Å²) in [6.45, 7) is 6.80. The van der Waals surface area contributed by atoms with Crippen molar-refractivity contribution in [2.45, 2.75) is 120 Å². The van der Waals surface area contributed by atoms with Gasteiger partial charge in [-0.05, 0) is 71.1 Å². The Morgan fingerprint density at radius 1 is 1.04 bits per heavy atom. The standard InChI is InChI=1S/C37H50FN5O10S/c1-22-15-16-30(51-22)54(49,50)41-33(46)37-18-24(37)12-8-6-5-7-9-14-28(39-34(47)53-36(2,3)4)32(45)43-20-25(17-29(43)31(44)40-37)52-35(48)42-19-23-11-10-13-27(38)26(23)21-42/h10-11,13,15-16,23-26,28-29H,5-9,12,14,17-21H2,1-4H3,(H,39,47)(H,40,44)(H,41,46)/t23?,24-,25-,26?,28+,29+,37-/m1/s1. The summed E-state index contributed by atoms with van der Waals surface area (Å²) in [5.41, 5.74) is -2.43. The van der Waals surface area contributed by atoms with Crippen LogP contribution in [0.15, 0.2) is 45.7 Å². The Morgan fingerprint density at radius 3 is 2.44 bits per heavy atom. The molecule has 296 valence electrons. The Bertz CT molecular complexity index is 1820. The number of carbonyl (C=O) groups excluding carboxylic acids is 5. The third-order valence-corrected chi connectivity index (χ3v) is 12.0. The number of allylic oxidation sites excluding steroid dienone is 2. The monoisotopic (exact) mass is 775 g/mol. The molecule has 1 saturated carbocycles. The second-order valence-electron chi connectivity index (χ2n) is 16.1. The van der Waals surface area contributed by atoms with Crippen molar-refractivity contribution < 1.29 is 50.7 Å². The molecule has 5 amide bonds. The van der Waals surface area contributed by atoms with Crippen LogP contribution in [0.1, 0.15) is 84.3 Å².